The Morgan fingerprint density at radius 1 is 1.05 bits per heavy atom. The van der Waals surface area contributed by atoms with E-state index in [0.717, 1.165) is 13.0 Å². The van der Waals surface area contributed by atoms with Gasteiger partial charge in [-0.25, -0.2) is 0 Å². The number of hydrogen-bond acceptors (Lipinski definition) is 2. The lowest BCUT2D eigenvalue weighted by Crippen LogP contribution is -2.41. The molecule has 0 radical (unpaired) electrons. The number of aliphatic hydroxyl groups excluding tert-OH is 1. The van der Waals surface area contributed by atoms with Crippen molar-refractivity contribution in [1.82, 2.24) is 0 Å². The number of hydrogen-bond donors (Lipinski definition) is 1. The van der Waals surface area contributed by atoms with Gasteiger partial charge in [-0.15, -0.1) is 0 Å². The Hall–Kier alpha value is 0.137. The zero-order valence-corrected chi connectivity index (χ0v) is 15.4. The molecule has 0 fully saturated rings. The molecule has 0 amide bonds. The second-order valence-corrected chi connectivity index (χ2v) is 12.6. The van der Waals surface area contributed by atoms with Crippen molar-refractivity contribution in [3.05, 3.63) is 0 Å². The van der Waals surface area contributed by atoms with Crippen LogP contribution in [-0.4, -0.2) is 26.1 Å². The third-order valence-electron chi connectivity index (χ3n) is 4.71. The van der Waals surface area contributed by atoms with Crippen molar-refractivity contribution in [2.24, 2.45) is 11.8 Å². The monoisotopic (exact) mass is 288 g/mol. The molecule has 0 aliphatic carbocycles. The van der Waals surface area contributed by atoms with E-state index in [9.17, 15) is 5.11 Å². The second kappa shape index (κ2) is 7.80. The lowest BCUT2D eigenvalue weighted by atomic mass is 9.96. The van der Waals surface area contributed by atoms with Gasteiger partial charge in [-0.1, -0.05) is 41.0 Å². The Kier molecular flexibility index (Phi) is 7.85. The van der Waals surface area contributed by atoms with Gasteiger partial charge in [0.15, 0.2) is 8.32 Å². The molecule has 2 nitrogen and oxygen atoms in total. The molecule has 0 unspecified atom stereocenters. The van der Waals surface area contributed by atoms with Gasteiger partial charge in [0.05, 0.1) is 6.10 Å². The molecule has 0 aliphatic heterocycles. The smallest absolute Gasteiger partial charge is 0.191 e. The van der Waals surface area contributed by atoms with Crippen LogP contribution in [0.25, 0.3) is 0 Å². The Balaban J connectivity index is 3.91. The van der Waals surface area contributed by atoms with Crippen LogP contribution in [-0.2, 0) is 4.43 Å². The third kappa shape index (κ3) is 7.47. The van der Waals surface area contributed by atoms with E-state index in [1.165, 1.54) is 12.8 Å². The van der Waals surface area contributed by atoms with Crippen molar-refractivity contribution in [2.45, 2.75) is 85.0 Å². The zero-order chi connectivity index (χ0) is 15.3. The Morgan fingerprint density at radius 2 is 1.58 bits per heavy atom. The van der Waals surface area contributed by atoms with Gasteiger partial charge >= 0.3 is 0 Å². The summed E-state index contributed by atoms with van der Waals surface area (Å²) in [5, 5.41) is 9.77. The molecule has 116 valence electrons. The first-order valence-electron chi connectivity index (χ1n) is 7.79. The van der Waals surface area contributed by atoms with Crippen molar-refractivity contribution in [2.75, 3.05) is 6.61 Å². The molecule has 0 rings (SSSR count). The molecule has 0 aliphatic rings. The highest BCUT2D eigenvalue weighted by atomic mass is 28.4. The van der Waals surface area contributed by atoms with Crippen molar-refractivity contribution >= 4 is 8.32 Å². The molecule has 19 heavy (non-hydrogen) atoms. The fraction of sp³-hybridized carbons (Fsp3) is 1.00. The summed E-state index contributed by atoms with van der Waals surface area (Å²) in [6.07, 6.45) is 3.32. The molecule has 0 aromatic heterocycles. The Bertz CT molecular complexity index is 244. The van der Waals surface area contributed by atoms with E-state index in [1.807, 2.05) is 6.92 Å². The molecule has 0 aromatic rings. The zero-order valence-electron chi connectivity index (χ0n) is 14.4. The SMILES string of the molecule is C[C@H](CCC[C@@H](C)[C@@H](C)O)CO[Si](C)(C)C(C)(C)C. The van der Waals surface area contributed by atoms with Crippen LogP contribution in [0.15, 0.2) is 0 Å². The first-order chi connectivity index (χ1) is 8.47. The van der Waals surface area contributed by atoms with E-state index in [2.05, 4.69) is 47.7 Å². The first-order valence-corrected chi connectivity index (χ1v) is 10.7. The number of aliphatic hydroxyl groups is 1. The molecule has 0 saturated heterocycles. The largest absolute Gasteiger partial charge is 0.417 e. The van der Waals surface area contributed by atoms with Crippen LogP contribution < -0.4 is 0 Å². The summed E-state index contributed by atoms with van der Waals surface area (Å²) in [7, 11) is -1.59. The minimum absolute atomic E-state index is 0.182. The summed E-state index contributed by atoms with van der Waals surface area (Å²) in [5.41, 5.74) is 0. The normalized spacial score (nSPS) is 18.2. The first kappa shape index (κ1) is 19.1. The highest BCUT2D eigenvalue weighted by molar-refractivity contribution is 6.74. The molecular formula is C16H36O2Si. The van der Waals surface area contributed by atoms with E-state index in [-0.39, 0.29) is 6.10 Å². The summed E-state index contributed by atoms with van der Waals surface area (Å²) in [4.78, 5) is 0. The van der Waals surface area contributed by atoms with Crippen LogP contribution in [0.1, 0.15) is 60.8 Å². The quantitative estimate of drug-likeness (QED) is 0.648. The highest BCUT2D eigenvalue weighted by Crippen LogP contribution is 2.36. The van der Waals surface area contributed by atoms with Crippen LogP contribution in [0.4, 0.5) is 0 Å². The summed E-state index contributed by atoms with van der Waals surface area (Å²) in [6.45, 7) is 18.7. The predicted octanol–water partition coefficient (Wildman–Crippen LogP) is 4.83. The van der Waals surface area contributed by atoms with E-state index in [4.69, 9.17) is 4.43 Å². The van der Waals surface area contributed by atoms with Crippen LogP contribution >= 0.6 is 0 Å². The average molecular weight is 289 g/mol. The minimum atomic E-state index is -1.59. The maximum absolute atomic E-state index is 9.47. The van der Waals surface area contributed by atoms with Crippen LogP contribution in [0.5, 0.6) is 0 Å². The molecular weight excluding hydrogens is 252 g/mol. The molecule has 3 heteroatoms. The fourth-order valence-electron chi connectivity index (χ4n) is 1.68. The summed E-state index contributed by atoms with van der Waals surface area (Å²) < 4.78 is 6.25. The fourth-order valence-corrected chi connectivity index (χ4v) is 2.81. The predicted molar refractivity (Wildman–Crippen MR) is 87.0 cm³/mol. The van der Waals surface area contributed by atoms with Gasteiger partial charge in [-0.2, -0.15) is 0 Å². The molecule has 0 bridgehead atoms. The lowest BCUT2D eigenvalue weighted by Gasteiger charge is -2.37. The second-order valence-electron chi connectivity index (χ2n) is 7.83. The van der Waals surface area contributed by atoms with Crippen LogP contribution in [0, 0.1) is 11.8 Å². The van der Waals surface area contributed by atoms with E-state index in [1.54, 1.807) is 0 Å². The Morgan fingerprint density at radius 3 is 2.00 bits per heavy atom. The number of rotatable bonds is 8. The summed E-state index contributed by atoms with van der Waals surface area (Å²) >= 11 is 0. The van der Waals surface area contributed by atoms with E-state index < -0.39 is 8.32 Å². The standard InChI is InChI=1S/C16H36O2Si/c1-13(10-9-11-14(2)15(3)17)12-18-19(7,8)16(4,5)6/h13-15,17H,9-12H2,1-8H3/t13-,14-,15-/m1/s1. The molecule has 0 aromatic carbocycles. The van der Waals surface area contributed by atoms with Crippen LogP contribution in [0.2, 0.25) is 18.1 Å². The van der Waals surface area contributed by atoms with E-state index in [0.29, 0.717) is 16.9 Å². The average Bonchev–Trinajstić information content (AvgIpc) is 2.24. The van der Waals surface area contributed by atoms with E-state index >= 15 is 0 Å². The molecule has 0 heterocycles. The van der Waals surface area contributed by atoms with Crippen molar-refractivity contribution in [3.63, 3.8) is 0 Å². The molecule has 1 N–H and O–H groups in total. The third-order valence-corrected chi connectivity index (χ3v) is 9.22. The maximum Gasteiger partial charge on any atom is 0.191 e. The van der Waals surface area contributed by atoms with Gasteiger partial charge in [0.1, 0.15) is 0 Å². The topological polar surface area (TPSA) is 29.5 Å². The van der Waals surface area contributed by atoms with Gasteiger partial charge in [0, 0.05) is 6.61 Å². The molecule has 3 atom stereocenters. The summed E-state index contributed by atoms with van der Waals surface area (Å²) in [6, 6.07) is 0. The van der Waals surface area contributed by atoms with Gasteiger partial charge in [-0.05, 0) is 49.7 Å². The summed E-state index contributed by atoms with van der Waals surface area (Å²) in [5.74, 6) is 1.03. The van der Waals surface area contributed by atoms with Gasteiger partial charge < -0.3 is 9.53 Å². The Labute approximate surface area is 122 Å². The van der Waals surface area contributed by atoms with Gasteiger partial charge in [-0.3, -0.25) is 0 Å². The molecule has 0 spiro atoms. The maximum atomic E-state index is 9.47. The van der Waals surface area contributed by atoms with Gasteiger partial charge in [0.25, 0.3) is 0 Å². The lowest BCUT2D eigenvalue weighted by molar-refractivity contribution is 0.126. The van der Waals surface area contributed by atoms with Crippen molar-refractivity contribution in [1.29, 1.82) is 0 Å². The van der Waals surface area contributed by atoms with Crippen molar-refractivity contribution < 1.29 is 9.53 Å². The van der Waals surface area contributed by atoms with Crippen LogP contribution in [0.3, 0.4) is 0 Å². The highest BCUT2D eigenvalue weighted by Gasteiger charge is 2.37. The van der Waals surface area contributed by atoms with Gasteiger partial charge in [0.2, 0.25) is 0 Å². The van der Waals surface area contributed by atoms with Crippen molar-refractivity contribution in [3.8, 4) is 0 Å². The molecule has 0 saturated carbocycles. The minimum Gasteiger partial charge on any atom is -0.417 e.